The SMILES string of the molecule is O=C(O)c1cc(OCCCCCCCCCCCC2C=CC=C2)c(OCCCCCCCCCCCC2C=CC=C2)c(OCCCCCCCCCCCC2C=CC=C2)c1. The van der Waals surface area contributed by atoms with Gasteiger partial charge in [0.15, 0.2) is 11.5 Å². The zero-order chi connectivity index (χ0) is 42.0. The van der Waals surface area contributed by atoms with Crippen molar-refractivity contribution in [2.45, 2.75) is 193 Å². The highest BCUT2D eigenvalue weighted by atomic mass is 16.5. The molecule has 0 radical (unpaired) electrons. The Morgan fingerprint density at radius 2 is 0.617 bits per heavy atom. The summed E-state index contributed by atoms with van der Waals surface area (Å²) in [5.74, 6) is 2.62. The van der Waals surface area contributed by atoms with Crippen LogP contribution < -0.4 is 14.2 Å². The van der Waals surface area contributed by atoms with Gasteiger partial charge in [0.1, 0.15) is 0 Å². The molecule has 0 saturated heterocycles. The first-order chi connectivity index (χ1) is 29.7. The van der Waals surface area contributed by atoms with Gasteiger partial charge in [-0.2, -0.15) is 0 Å². The molecule has 0 amide bonds. The van der Waals surface area contributed by atoms with E-state index in [2.05, 4.69) is 72.9 Å². The summed E-state index contributed by atoms with van der Waals surface area (Å²) in [4.78, 5) is 12.2. The second-order valence-corrected chi connectivity index (χ2v) is 17.9. The molecule has 0 unspecified atom stereocenters. The smallest absolute Gasteiger partial charge is 0.335 e. The molecule has 0 aliphatic heterocycles. The molecule has 4 rings (SSSR count). The fourth-order valence-corrected chi connectivity index (χ4v) is 8.76. The van der Waals surface area contributed by atoms with Crippen molar-refractivity contribution in [3.8, 4) is 17.2 Å². The van der Waals surface area contributed by atoms with Crippen LogP contribution in [0.3, 0.4) is 0 Å². The van der Waals surface area contributed by atoms with E-state index >= 15 is 0 Å². The number of hydrogen-bond acceptors (Lipinski definition) is 4. The molecule has 0 heterocycles. The molecule has 0 fully saturated rings. The molecular weight excluding hydrogens is 741 g/mol. The van der Waals surface area contributed by atoms with Gasteiger partial charge in [0.2, 0.25) is 5.75 Å². The average Bonchev–Trinajstić information content (AvgIpc) is 4.08. The third-order valence-electron chi connectivity index (χ3n) is 12.6. The summed E-state index contributed by atoms with van der Waals surface area (Å²) in [5, 5.41) is 10.00. The Hall–Kier alpha value is -3.47. The maximum atomic E-state index is 12.2. The molecule has 3 aliphatic rings. The van der Waals surface area contributed by atoms with Crippen LogP contribution in [0.4, 0.5) is 0 Å². The van der Waals surface area contributed by atoms with Crippen LogP contribution >= 0.6 is 0 Å². The predicted octanol–water partition coefficient (Wildman–Crippen LogP) is 16.5. The van der Waals surface area contributed by atoms with Crippen LogP contribution in [0.2, 0.25) is 0 Å². The maximum absolute atomic E-state index is 12.2. The second kappa shape index (κ2) is 33.2. The quantitative estimate of drug-likeness (QED) is 0.0668. The summed E-state index contributed by atoms with van der Waals surface area (Å²) in [7, 11) is 0. The molecule has 1 N–H and O–H groups in total. The summed E-state index contributed by atoms with van der Waals surface area (Å²) >= 11 is 0. The number of unbranched alkanes of at least 4 members (excludes halogenated alkanes) is 24. The zero-order valence-electron chi connectivity index (χ0n) is 37.7. The molecule has 0 atom stereocenters. The lowest BCUT2D eigenvalue weighted by atomic mass is 10.0. The Morgan fingerprint density at radius 3 is 0.900 bits per heavy atom. The van der Waals surface area contributed by atoms with Gasteiger partial charge in [-0.1, -0.05) is 227 Å². The molecule has 0 spiro atoms. The summed E-state index contributed by atoms with van der Waals surface area (Å²) in [5.41, 5.74) is 0.187. The van der Waals surface area contributed by atoms with Gasteiger partial charge in [0.05, 0.1) is 25.4 Å². The van der Waals surface area contributed by atoms with Gasteiger partial charge in [-0.25, -0.2) is 4.79 Å². The standard InChI is InChI=1S/C55H84O5/c56-55(57)51-46-52(58-43-31-19-13-7-1-4-10-16-22-34-48-37-25-26-38-48)54(60-45-33-21-15-9-3-6-12-18-24-36-50-41-29-30-42-50)53(47-51)59-44-32-20-14-8-2-5-11-17-23-35-49-39-27-28-40-49/h25-30,37-42,46-50H,1-24,31-36,43-45H2,(H,56,57). The van der Waals surface area contributed by atoms with Crippen LogP contribution in [-0.2, 0) is 0 Å². The molecule has 0 saturated carbocycles. The van der Waals surface area contributed by atoms with Crippen LogP contribution in [0.25, 0.3) is 0 Å². The molecule has 334 valence electrons. The zero-order valence-corrected chi connectivity index (χ0v) is 37.7. The van der Waals surface area contributed by atoms with E-state index in [1.165, 1.54) is 154 Å². The Kier molecular flexibility index (Phi) is 27.2. The van der Waals surface area contributed by atoms with Crippen molar-refractivity contribution in [3.63, 3.8) is 0 Å². The number of allylic oxidation sites excluding steroid dienone is 12. The largest absolute Gasteiger partial charge is 0.490 e. The third-order valence-corrected chi connectivity index (χ3v) is 12.6. The minimum atomic E-state index is -0.973. The number of carbonyl (C=O) groups is 1. The predicted molar refractivity (Wildman–Crippen MR) is 254 cm³/mol. The molecule has 1 aromatic carbocycles. The molecule has 3 aliphatic carbocycles. The van der Waals surface area contributed by atoms with Crippen LogP contribution in [0.5, 0.6) is 17.2 Å². The molecule has 5 heteroatoms. The van der Waals surface area contributed by atoms with Crippen LogP contribution in [-0.4, -0.2) is 30.9 Å². The summed E-state index contributed by atoms with van der Waals surface area (Å²) < 4.78 is 19.0. The van der Waals surface area contributed by atoms with Crippen molar-refractivity contribution < 1.29 is 24.1 Å². The van der Waals surface area contributed by atoms with Crippen LogP contribution in [0.15, 0.2) is 85.0 Å². The van der Waals surface area contributed by atoms with E-state index < -0.39 is 5.97 Å². The molecule has 0 aromatic heterocycles. The second-order valence-electron chi connectivity index (χ2n) is 17.9. The summed E-state index contributed by atoms with van der Waals surface area (Å²) in [6, 6.07) is 3.27. The van der Waals surface area contributed by atoms with E-state index in [9.17, 15) is 9.90 Å². The van der Waals surface area contributed by atoms with Crippen molar-refractivity contribution in [3.05, 3.63) is 90.6 Å². The van der Waals surface area contributed by atoms with Crippen molar-refractivity contribution in [1.82, 2.24) is 0 Å². The van der Waals surface area contributed by atoms with Gasteiger partial charge >= 0.3 is 5.97 Å². The van der Waals surface area contributed by atoms with Crippen molar-refractivity contribution in [2.24, 2.45) is 17.8 Å². The van der Waals surface area contributed by atoms with Gasteiger partial charge in [-0.15, -0.1) is 0 Å². The van der Waals surface area contributed by atoms with Crippen molar-refractivity contribution in [1.29, 1.82) is 0 Å². The molecule has 5 nitrogen and oxygen atoms in total. The summed E-state index contributed by atoms with van der Waals surface area (Å²) in [6.07, 6.45) is 64.4. The van der Waals surface area contributed by atoms with E-state index in [1.54, 1.807) is 12.1 Å². The fourth-order valence-electron chi connectivity index (χ4n) is 8.76. The lowest BCUT2D eigenvalue weighted by Gasteiger charge is -2.18. The Bertz CT molecular complexity index is 1340. The van der Waals surface area contributed by atoms with E-state index in [0.717, 1.165) is 38.5 Å². The van der Waals surface area contributed by atoms with Gasteiger partial charge in [-0.3, -0.25) is 0 Å². The van der Waals surface area contributed by atoms with Crippen molar-refractivity contribution in [2.75, 3.05) is 19.8 Å². The number of ether oxygens (including phenoxy) is 3. The molecule has 0 bridgehead atoms. The first kappa shape index (κ1) is 49.2. The van der Waals surface area contributed by atoms with Crippen molar-refractivity contribution >= 4 is 5.97 Å². The number of carboxylic acid groups (broad SMARTS) is 1. The highest BCUT2D eigenvalue weighted by Gasteiger charge is 2.19. The first-order valence-electron chi connectivity index (χ1n) is 25.0. The highest BCUT2D eigenvalue weighted by molar-refractivity contribution is 5.89. The minimum absolute atomic E-state index is 0.187. The Morgan fingerprint density at radius 1 is 0.367 bits per heavy atom. The number of benzene rings is 1. The number of rotatable bonds is 40. The van der Waals surface area contributed by atoms with Gasteiger partial charge in [-0.05, 0) is 68.4 Å². The van der Waals surface area contributed by atoms with Crippen LogP contribution in [0, 0.1) is 17.8 Å². The number of hydrogen-bond donors (Lipinski definition) is 1. The summed E-state index contributed by atoms with van der Waals surface area (Å²) in [6.45, 7) is 1.67. The highest BCUT2D eigenvalue weighted by Crippen LogP contribution is 2.40. The topological polar surface area (TPSA) is 65.0 Å². The van der Waals surface area contributed by atoms with E-state index in [-0.39, 0.29) is 5.56 Å². The van der Waals surface area contributed by atoms with Gasteiger partial charge < -0.3 is 19.3 Å². The molecule has 60 heavy (non-hydrogen) atoms. The van der Waals surface area contributed by atoms with Gasteiger partial charge in [0, 0.05) is 0 Å². The average molecular weight is 825 g/mol. The van der Waals surface area contributed by atoms with Crippen LogP contribution in [0.1, 0.15) is 203 Å². The van der Waals surface area contributed by atoms with E-state index in [0.29, 0.717) is 54.8 Å². The Balaban J connectivity index is 1.12. The Labute approximate surface area is 366 Å². The monoisotopic (exact) mass is 825 g/mol. The minimum Gasteiger partial charge on any atom is -0.490 e. The molecule has 1 aromatic rings. The first-order valence-corrected chi connectivity index (χ1v) is 25.0. The lowest BCUT2D eigenvalue weighted by molar-refractivity contribution is 0.0695. The lowest BCUT2D eigenvalue weighted by Crippen LogP contribution is -2.08. The van der Waals surface area contributed by atoms with E-state index in [4.69, 9.17) is 14.2 Å². The van der Waals surface area contributed by atoms with E-state index in [1.807, 2.05) is 0 Å². The molecular formula is C55H84O5. The fraction of sp³-hybridized carbons (Fsp3) is 0.655. The number of aromatic carboxylic acids is 1. The number of carboxylic acids is 1. The maximum Gasteiger partial charge on any atom is 0.335 e. The van der Waals surface area contributed by atoms with Gasteiger partial charge in [0.25, 0.3) is 0 Å². The normalized spacial score (nSPS) is 14.7. The third kappa shape index (κ3) is 22.9.